The Labute approximate surface area is 81.5 Å². The second kappa shape index (κ2) is 4.97. The molecule has 13 heavy (non-hydrogen) atoms. The smallest absolute Gasteiger partial charge is 0.0436 e. The quantitative estimate of drug-likeness (QED) is 0.661. The van der Waals surface area contributed by atoms with E-state index >= 15 is 0 Å². The molecule has 0 aromatic rings. The third-order valence-electron chi connectivity index (χ3n) is 3.67. The Hall–Kier alpha value is -0.0800. The fourth-order valence-electron chi connectivity index (χ4n) is 2.59. The van der Waals surface area contributed by atoms with Crippen LogP contribution in [0, 0.1) is 5.41 Å². The van der Waals surface area contributed by atoms with Crippen molar-refractivity contribution < 1.29 is 5.11 Å². The van der Waals surface area contributed by atoms with Crippen LogP contribution in [0.2, 0.25) is 0 Å². The van der Waals surface area contributed by atoms with E-state index < -0.39 is 0 Å². The first-order chi connectivity index (χ1) is 6.21. The van der Waals surface area contributed by atoms with Crippen LogP contribution >= 0.6 is 0 Å². The summed E-state index contributed by atoms with van der Waals surface area (Å²) in [4.78, 5) is 0. The molecular formula is C11H23NO. The first-order valence-corrected chi connectivity index (χ1v) is 5.58. The van der Waals surface area contributed by atoms with Gasteiger partial charge in [-0.25, -0.2) is 0 Å². The van der Waals surface area contributed by atoms with E-state index in [1.54, 1.807) is 0 Å². The third kappa shape index (κ3) is 2.68. The normalized spacial score (nSPS) is 25.2. The maximum absolute atomic E-state index is 9.07. The van der Waals surface area contributed by atoms with Gasteiger partial charge in [0.2, 0.25) is 0 Å². The van der Waals surface area contributed by atoms with Crippen LogP contribution in [0.15, 0.2) is 0 Å². The molecule has 0 radical (unpaired) electrons. The minimum atomic E-state index is 0.234. The zero-order chi connectivity index (χ0) is 9.73. The molecule has 1 unspecified atom stereocenters. The molecule has 0 aromatic heterocycles. The van der Waals surface area contributed by atoms with Crippen molar-refractivity contribution in [2.45, 2.75) is 57.9 Å². The Morgan fingerprint density at radius 1 is 1.23 bits per heavy atom. The summed E-state index contributed by atoms with van der Waals surface area (Å²) >= 11 is 0. The molecule has 0 saturated heterocycles. The summed E-state index contributed by atoms with van der Waals surface area (Å²) in [6, 6.07) is 0.234. The highest BCUT2D eigenvalue weighted by Crippen LogP contribution is 2.39. The SMILES string of the molecule is CC(N)C1(CCO)CCCCCC1. The van der Waals surface area contributed by atoms with Crippen LogP contribution in [0.25, 0.3) is 0 Å². The van der Waals surface area contributed by atoms with E-state index in [2.05, 4.69) is 6.92 Å². The molecule has 1 aliphatic rings. The summed E-state index contributed by atoms with van der Waals surface area (Å²) in [6.45, 7) is 2.39. The van der Waals surface area contributed by atoms with Gasteiger partial charge in [-0.1, -0.05) is 25.7 Å². The number of nitrogens with two attached hydrogens (primary N) is 1. The molecule has 1 atom stereocenters. The fourth-order valence-corrected chi connectivity index (χ4v) is 2.59. The minimum Gasteiger partial charge on any atom is -0.396 e. The Morgan fingerprint density at radius 2 is 1.77 bits per heavy atom. The van der Waals surface area contributed by atoms with Crippen molar-refractivity contribution in [1.29, 1.82) is 0 Å². The zero-order valence-electron chi connectivity index (χ0n) is 8.76. The largest absolute Gasteiger partial charge is 0.396 e. The van der Waals surface area contributed by atoms with Gasteiger partial charge in [-0.05, 0) is 31.6 Å². The van der Waals surface area contributed by atoms with Gasteiger partial charge in [0.1, 0.15) is 0 Å². The number of hydrogen-bond donors (Lipinski definition) is 2. The van der Waals surface area contributed by atoms with Gasteiger partial charge >= 0.3 is 0 Å². The standard InChI is InChI=1S/C11H23NO/c1-10(12)11(8-9-13)6-4-2-3-5-7-11/h10,13H,2-9,12H2,1H3. The van der Waals surface area contributed by atoms with Gasteiger partial charge in [0.15, 0.2) is 0 Å². The van der Waals surface area contributed by atoms with Crippen LogP contribution in [-0.4, -0.2) is 17.8 Å². The average Bonchev–Trinajstić information content (AvgIpc) is 2.31. The number of aliphatic hydroxyl groups excluding tert-OH is 1. The lowest BCUT2D eigenvalue weighted by molar-refractivity contribution is 0.133. The first-order valence-electron chi connectivity index (χ1n) is 5.58. The monoisotopic (exact) mass is 185 g/mol. The fraction of sp³-hybridized carbons (Fsp3) is 1.00. The van der Waals surface area contributed by atoms with Crippen molar-refractivity contribution in [2.75, 3.05) is 6.61 Å². The molecule has 1 aliphatic carbocycles. The number of aliphatic hydroxyl groups is 1. The third-order valence-corrected chi connectivity index (χ3v) is 3.67. The summed E-state index contributed by atoms with van der Waals surface area (Å²) in [6.07, 6.45) is 8.60. The zero-order valence-corrected chi connectivity index (χ0v) is 8.76. The van der Waals surface area contributed by atoms with Crippen LogP contribution in [-0.2, 0) is 0 Å². The molecule has 1 fully saturated rings. The van der Waals surface area contributed by atoms with Crippen molar-refractivity contribution >= 4 is 0 Å². The van der Waals surface area contributed by atoms with E-state index in [-0.39, 0.29) is 11.5 Å². The summed E-state index contributed by atoms with van der Waals surface area (Å²) in [5, 5.41) is 9.07. The molecule has 2 nitrogen and oxygen atoms in total. The van der Waals surface area contributed by atoms with Crippen LogP contribution < -0.4 is 5.73 Å². The molecule has 0 amide bonds. The van der Waals surface area contributed by atoms with Crippen LogP contribution in [0.3, 0.4) is 0 Å². The molecule has 0 spiro atoms. The highest BCUT2D eigenvalue weighted by Gasteiger charge is 2.33. The number of hydrogen-bond acceptors (Lipinski definition) is 2. The second-order valence-corrected chi connectivity index (χ2v) is 4.54. The maximum Gasteiger partial charge on any atom is 0.0436 e. The molecule has 1 saturated carbocycles. The van der Waals surface area contributed by atoms with E-state index in [9.17, 15) is 0 Å². The van der Waals surface area contributed by atoms with Crippen LogP contribution in [0.5, 0.6) is 0 Å². The van der Waals surface area contributed by atoms with Gasteiger partial charge in [0, 0.05) is 12.6 Å². The molecular weight excluding hydrogens is 162 g/mol. The molecule has 0 bridgehead atoms. The van der Waals surface area contributed by atoms with Gasteiger partial charge in [0.25, 0.3) is 0 Å². The molecule has 78 valence electrons. The van der Waals surface area contributed by atoms with Gasteiger partial charge < -0.3 is 10.8 Å². The molecule has 0 aliphatic heterocycles. The number of rotatable bonds is 3. The van der Waals surface area contributed by atoms with Crippen LogP contribution in [0.1, 0.15) is 51.9 Å². The minimum absolute atomic E-state index is 0.234. The molecule has 0 heterocycles. The van der Waals surface area contributed by atoms with Crippen molar-refractivity contribution in [3.8, 4) is 0 Å². The summed E-state index contributed by atoms with van der Waals surface area (Å²) in [7, 11) is 0. The Morgan fingerprint density at radius 3 is 2.15 bits per heavy atom. The van der Waals surface area contributed by atoms with E-state index in [0.29, 0.717) is 6.61 Å². The lowest BCUT2D eigenvalue weighted by Crippen LogP contribution is -2.40. The highest BCUT2D eigenvalue weighted by atomic mass is 16.3. The Balaban J connectivity index is 2.62. The van der Waals surface area contributed by atoms with Gasteiger partial charge in [-0.3, -0.25) is 0 Å². The molecule has 1 rings (SSSR count). The van der Waals surface area contributed by atoms with E-state index in [4.69, 9.17) is 10.8 Å². The Kier molecular flexibility index (Phi) is 4.20. The van der Waals surface area contributed by atoms with Crippen molar-refractivity contribution in [3.05, 3.63) is 0 Å². The summed E-state index contributed by atoms with van der Waals surface area (Å²) in [5.41, 5.74) is 6.29. The highest BCUT2D eigenvalue weighted by molar-refractivity contribution is 4.88. The first kappa shape index (κ1) is 11.0. The van der Waals surface area contributed by atoms with Crippen molar-refractivity contribution in [2.24, 2.45) is 11.1 Å². The topological polar surface area (TPSA) is 46.2 Å². The van der Waals surface area contributed by atoms with Crippen molar-refractivity contribution in [3.63, 3.8) is 0 Å². The van der Waals surface area contributed by atoms with Gasteiger partial charge in [-0.15, -0.1) is 0 Å². The molecule has 0 aromatic carbocycles. The van der Waals surface area contributed by atoms with E-state index in [1.807, 2.05) is 0 Å². The van der Waals surface area contributed by atoms with Gasteiger partial charge in [0.05, 0.1) is 0 Å². The molecule has 3 N–H and O–H groups in total. The maximum atomic E-state index is 9.07. The average molecular weight is 185 g/mol. The van der Waals surface area contributed by atoms with Gasteiger partial charge in [-0.2, -0.15) is 0 Å². The predicted octanol–water partition coefficient (Wildman–Crippen LogP) is 2.06. The van der Waals surface area contributed by atoms with E-state index in [1.165, 1.54) is 38.5 Å². The lowest BCUT2D eigenvalue weighted by atomic mass is 9.72. The Bertz CT molecular complexity index is 137. The lowest BCUT2D eigenvalue weighted by Gasteiger charge is -2.36. The summed E-state index contributed by atoms with van der Waals surface area (Å²) in [5.74, 6) is 0. The van der Waals surface area contributed by atoms with Crippen LogP contribution in [0.4, 0.5) is 0 Å². The molecule has 2 heteroatoms. The predicted molar refractivity (Wildman–Crippen MR) is 55.5 cm³/mol. The van der Waals surface area contributed by atoms with Crippen molar-refractivity contribution in [1.82, 2.24) is 0 Å². The second-order valence-electron chi connectivity index (χ2n) is 4.54. The summed E-state index contributed by atoms with van der Waals surface area (Å²) < 4.78 is 0. The van der Waals surface area contributed by atoms with E-state index in [0.717, 1.165) is 6.42 Å².